The SMILES string of the molecule is Cc1csc([C@@H]2C(N)=NC(S)=C(C#N)C23CCCC3)n1. The van der Waals surface area contributed by atoms with Gasteiger partial charge in [-0.2, -0.15) is 5.26 Å². The predicted molar refractivity (Wildman–Crippen MR) is 83.7 cm³/mol. The van der Waals surface area contributed by atoms with Crippen LogP contribution in [0.5, 0.6) is 0 Å². The minimum atomic E-state index is -0.248. The third-order valence-corrected chi connectivity index (χ3v) is 5.65. The van der Waals surface area contributed by atoms with E-state index in [4.69, 9.17) is 5.73 Å². The van der Waals surface area contributed by atoms with Crippen LogP contribution in [0.3, 0.4) is 0 Å². The van der Waals surface area contributed by atoms with Gasteiger partial charge < -0.3 is 5.73 Å². The number of hydrogen-bond acceptors (Lipinski definition) is 6. The Morgan fingerprint density at radius 2 is 2.20 bits per heavy atom. The predicted octanol–water partition coefficient (Wildman–Crippen LogP) is 3.13. The summed E-state index contributed by atoms with van der Waals surface area (Å²) in [7, 11) is 0. The molecule has 4 nitrogen and oxygen atoms in total. The molecule has 6 heteroatoms. The van der Waals surface area contributed by atoms with Crippen LogP contribution in [0.15, 0.2) is 21.0 Å². The van der Waals surface area contributed by atoms with Gasteiger partial charge in [0, 0.05) is 16.5 Å². The van der Waals surface area contributed by atoms with Crippen molar-refractivity contribution in [3.8, 4) is 6.07 Å². The minimum absolute atomic E-state index is 0.0748. The first-order valence-electron chi connectivity index (χ1n) is 6.68. The van der Waals surface area contributed by atoms with Crippen LogP contribution in [-0.2, 0) is 0 Å². The number of allylic oxidation sites excluding steroid dienone is 1. The maximum Gasteiger partial charge on any atom is 0.111 e. The second-order valence-electron chi connectivity index (χ2n) is 5.47. The molecule has 2 N–H and O–H groups in total. The van der Waals surface area contributed by atoms with Gasteiger partial charge in [0.1, 0.15) is 15.9 Å². The topological polar surface area (TPSA) is 75.1 Å². The quantitative estimate of drug-likeness (QED) is 0.783. The average molecular weight is 304 g/mol. The molecule has 0 bridgehead atoms. The standard InChI is InChI=1S/C14H16N4S2/c1-8-7-20-13(17-8)10-11(16)18-12(19)9(6-15)14(10)4-2-3-5-14/h7,10,19H,2-5H2,1H3,(H2,16,18)/t10-/m0/s1. The number of aromatic nitrogens is 1. The number of thiazole rings is 1. The van der Waals surface area contributed by atoms with Crippen molar-refractivity contribution in [1.29, 1.82) is 5.26 Å². The van der Waals surface area contributed by atoms with Crippen molar-refractivity contribution < 1.29 is 0 Å². The third-order valence-electron chi connectivity index (χ3n) is 4.30. The smallest absolute Gasteiger partial charge is 0.111 e. The molecule has 0 unspecified atom stereocenters. The lowest BCUT2D eigenvalue weighted by Gasteiger charge is -2.38. The van der Waals surface area contributed by atoms with Crippen LogP contribution in [0.25, 0.3) is 0 Å². The van der Waals surface area contributed by atoms with Crippen molar-refractivity contribution >= 4 is 29.8 Å². The first-order valence-corrected chi connectivity index (χ1v) is 8.01. The fourth-order valence-corrected chi connectivity index (χ4v) is 4.88. The summed E-state index contributed by atoms with van der Waals surface area (Å²) in [4.78, 5) is 8.90. The third kappa shape index (κ3) is 1.88. The van der Waals surface area contributed by atoms with E-state index in [0.717, 1.165) is 36.4 Å². The number of hydrogen-bond donors (Lipinski definition) is 2. The number of rotatable bonds is 1. The fourth-order valence-electron chi connectivity index (χ4n) is 3.47. The van der Waals surface area contributed by atoms with Gasteiger partial charge in [-0.25, -0.2) is 9.98 Å². The molecule has 1 spiro atoms. The molecule has 104 valence electrons. The van der Waals surface area contributed by atoms with Gasteiger partial charge in [0.15, 0.2) is 0 Å². The summed E-state index contributed by atoms with van der Waals surface area (Å²) in [6.07, 6.45) is 4.14. The van der Waals surface area contributed by atoms with Crippen molar-refractivity contribution in [3.63, 3.8) is 0 Å². The molecule has 1 atom stereocenters. The summed E-state index contributed by atoms with van der Waals surface area (Å²) in [6, 6.07) is 2.33. The lowest BCUT2D eigenvalue weighted by Crippen LogP contribution is -2.40. The minimum Gasteiger partial charge on any atom is -0.387 e. The number of nitrogens with two attached hydrogens (primary N) is 1. The van der Waals surface area contributed by atoms with Gasteiger partial charge >= 0.3 is 0 Å². The molecule has 1 aliphatic carbocycles. The zero-order valence-corrected chi connectivity index (χ0v) is 13.0. The Balaban J connectivity index is 2.18. The Morgan fingerprint density at radius 3 is 2.75 bits per heavy atom. The second-order valence-corrected chi connectivity index (χ2v) is 6.78. The number of thiol groups is 1. The van der Waals surface area contributed by atoms with Crippen LogP contribution >= 0.6 is 24.0 Å². The molecule has 3 rings (SSSR count). The van der Waals surface area contributed by atoms with Crippen molar-refractivity contribution in [2.75, 3.05) is 0 Å². The van der Waals surface area contributed by atoms with Gasteiger partial charge in [-0.05, 0) is 19.8 Å². The maximum absolute atomic E-state index is 9.56. The molecule has 1 saturated carbocycles. The average Bonchev–Trinajstić information content (AvgIpc) is 3.00. The van der Waals surface area contributed by atoms with Crippen LogP contribution < -0.4 is 5.73 Å². The van der Waals surface area contributed by atoms with E-state index in [1.54, 1.807) is 11.3 Å². The largest absolute Gasteiger partial charge is 0.387 e. The highest BCUT2D eigenvalue weighted by Crippen LogP contribution is 2.57. The summed E-state index contributed by atoms with van der Waals surface area (Å²) in [5, 5.41) is 13.0. The van der Waals surface area contributed by atoms with Crippen LogP contribution in [0.1, 0.15) is 42.3 Å². The number of aliphatic imine (C=N–C) groups is 1. The van der Waals surface area contributed by atoms with Crippen LogP contribution in [0.4, 0.5) is 0 Å². The Labute approximate surface area is 127 Å². The molecule has 1 aromatic rings. The maximum atomic E-state index is 9.56. The molecule has 20 heavy (non-hydrogen) atoms. The Morgan fingerprint density at radius 1 is 1.50 bits per heavy atom. The molecule has 2 heterocycles. The van der Waals surface area contributed by atoms with E-state index in [9.17, 15) is 5.26 Å². The molecule has 0 radical (unpaired) electrons. The summed E-state index contributed by atoms with van der Waals surface area (Å²) in [5.74, 6) is 0.472. The van der Waals surface area contributed by atoms with Crippen LogP contribution in [-0.4, -0.2) is 10.8 Å². The lowest BCUT2D eigenvalue weighted by molar-refractivity contribution is 0.342. The first-order chi connectivity index (χ1) is 9.58. The molecule has 1 aliphatic heterocycles. The van der Waals surface area contributed by atoms with Gasteiger partial charge in [0.25, 0.3) is 0 Å². The number of amidine groups is 1. The van der Waals surface area contributed by atoms with E-state index in [2.05, 4.69) is 28.7 Å². The van der Waals surface area contributed by atoms with Gasteiger partial charge in [0.05, 0.1) is 17.6 Å². The summed E-state index contributed by atoms with van der Waals surface area (Å²) in [6.45, 7) is 1.97. The van der Waals surface area contributed by atoms with E-state index >= 15 is 0 Å². The van der Waals surface area contributed by atoms with Crippen molar-refractivity contribution in [2.45, 2.75) is 38.5 Å². The highest BCUT2D eigenvalue weighted by Gasteiger charge is 2.51. The number of nitrogens with zero attached hydrogens (tertiary/aromatic N) is 3. The lowest BCUT2D eigenvalue weighted by atomic mass is 9.67. The van der Waals surface area contributed by atoms with E-state index in [1.807, 2.05) is 12.3 Å². The van der Waals surface area contributed by atoms with Gasteiger partial charge in [-0.1, -0.05) is 12.8 Å². The molecule has 0 amide bonds. The Bertz CT molecular complexity index is 644. The van der Waals surface area contributed by atoms with Crippen molar-refractivity contribution in [2.24, 2.45) is 16.1 Å². The molecule has 2 aliphatic rings. The molecule has 1 fully saturated rings. The van der Waals surface area contributed by atoms with Crippen molar-refractivity contribution in [1.82, 2.24) is 4.98 Å². The van der Waals surface area contributed by atoms with Gasteiger partial charge in [-0.3, -0.25) is 0 Å². The summed E-state index contributed by atoms with van der Waals surface area (Å²) >= 11 is 5.98. The highest BCUT2D eigenvalue weighted by molar-refractivity contribution is 7.84. The van der Waals surface area contributed by atoms with E-state index in [0.29, 0.717) is 16.4 Å². The summed E-state index contributed by atoms with van der Waals surface area (Å²) in [5.41, 5.74) is 7.63. The van der Waals surface area contributed by atoms with Gasteiger partial charge in [-0.15, -0.1) is 24.0 Å². The van der Waals surface area contributed by atoms with Gasteiger partial charge in [0.2, 0.25) is 0 Å². The zero-order chi connectivity index (χ0) is 14.3. The summed E-state index contributed by atoms with van der Waals surface area (Å²) < 4.78 is 0. The molecule has 0 saturated heterocycles. The Kier molecular flexibility index (Phi) is 3.35. The number of nitriles is 1. The molecule has 1 aromatic heterocycles. The zero-order valence-electron chi connectivity index (χ0n) is 11.3. The normalized spacial score (nSPS) is 24.9. The van der Waals surface area contributed by atoms with Crippen molar-refractivity contribution in [3.05, 3.63) is 26.7 Å². The van der Waals surface area contributed by atoms with E-state index < -0.39 is 0 Å². The van der Waals surface area contributed by atoms with Crippen LogP contribution in [0.2, 0.25) is 0 Å². The molecule has 0 aromatic carbocycles. The monoisotopic (exact) mass is 304 g/mol. The first kappa shape index (κ1) is 13.7. The van der Waals surface area contributed by atoms with Crippen LogP contribution in [0, 0.1) is 23.7 Å². The fraction of sp³-hybridized carbons (Fsp3) is 0.500. The second kappa shape index (κ2) is 4.90. The Hall–Kier alpha value is -1.32. The molecular weight excluding hydrogens is 288 g/mol. The highest BCUT2D eigenvalue weighted by atomic mass is 32.1. The van der Waals surface area contributed by atoms with E-state index in [1.165, 1.54) is 0 Å². The van der Waals surface area contributed by atoms with E-state index in [-0.39, 0.29) is 11.3 Å². The number of aryl methyl sites for hydroxylation is 1. The molecular formula is C14H16N4S2.